The Morgan fingerprint density at radius 1 is 1.38 bits per heavy atom. The molecule has 1 aromatic heterocycles. The van der Waals surface area contributed by atoms with Gasteiger partial charge in [0, 0.05) is 52.7 Å². The van der Waals surface area contributed by atoms with Gasteiger partial charge in [-0.15, -0.1) is 24.0 Å². The van der Waals surface area contributed by atoms with Crippen molar-refractivity contribution >= 4 is 35.6 Å². The van der Waals surface area contributed by atoms with Gasteiger partial charge in [0.1, 0.15) is 5.82 Å². The Hall–Kier alpha value is -1.84. The molecule has 2 atom stereocenters. The third kappa shape index (κ3) is 6.07. The number of likely N-dealkylation sites (tertiary alicyclic amines) is 1. The van der Waals surface area contributed by atoms with Crippen molar-refractivity contribution in [3.8, 4) is 0 Å². The maximum absolute atomic E-state index is 13.9. The van der Waals surface area contributed by atoms with E-state index < -0.39 is 0 Å². The fourth-order valence-electron chi connectivity index (χ4n) is 3.83. The molecule has 2 unspecified atom stereocenters. The largest absolute Gasteiger partial charge is 0.372 e. The molecule has 0 amide bonds. The van der Waals surface area contributed by atoms with Crippen LogP contribution < -0.4 is 10.2 Å². The highest BCUT2D eigenvalue weighted by molar-refractivity contribution is 14.0. The van der Waals surface area contributed by atoms with E-state index >= 15 is 0 Å². The van der Waals surface area contributed by atoms with E-state index in [0.29, 0.717) is 17.6 Å². The van der Waals surface area contributed by atoms with E-state index in [9.17, 15) is 4.39 Å². The molecule has 3 rings (SSSR count). The SMILES string of the molecule is CN=C(NCCCN(C)c1ccccc1F)N1CCC(C)C(n2ccnc2)C1.I. The quantitative estimate of drug-likeness (QED) is 0.277. The molecule has 1 N–H and O–H groups in total. The van der Waals surface area contributed by atoms with Crippen LogP contribution in [0.2, 0.25) is 0 Å². The number of piperidine rings is 1. The van der Waals surface area contributed by atoms with Crippen molar-refractivity contribution in [3.05, 3.63) is 48.8 Å². The number of rotatable bonds is 6. The van der Waals surface area contributed by atoms with Crippen LogP contribution in [-0.2, 0) is 0 Å². The molecule has 2 aromatic rings. The Kier molecular flexibility index (Phi) is 9.19. The van der Waals surface area contributed by atoms with Gasteiger partial charge in [-0.1, -0.05) is 19.1 Å². The predicted molar refractivity (Wildman–Crippen MR) is 128 cm³/mol. The Morgan fingerprint density at radius 3 is 2.86 bits per heavy atom. The summed E-state index contributed by atoms with van der Waals surface area (Å²) >= 11 is 0. The third-order valence-electron chi connectivity index (χ3n) is 5.55. The van der Waals surface area contributed by atoms with E-state index in [1.54, 1.807) is 6.07 Å². The minimum Gasteiger partial charge on any atom is -0.372 e. The first-order chi connectivity index (χ1) is 13.6. The Balaban J connectivity index is 0.00000300. The number of hydrogen-bond acceptors (Lipinski definition) is 3. The van der Waals surface area contributed by atoms with Crippen molar-refractivity contribution in [3.63, 3.8) is 0 Å². The summed E-state index contributed by atoms with van der Waals surface area (Å²) in [7, 11) is 3.76. The molecule has 1 aromatic carbocycles. The van der Waals surface area contributed by atoms with E-state index in [4.69, 9.17) is 0 Å². The van der Waals surface area contributed by atoms with Crippen LogP contribution in [0.25, 0.3) is 0 Å². The maximum atomic E-state index is 13.9. The lowest BCUT2D eigenvalue weighted by atomic mass is 9.93. The number of aromatic nitrogens is 2. The molecular formula is C21H32FIN6. The first-order valence-corrected chi connectivity index (χ1v) is 9.99. The highest BCUT2D eigenvalue weighted by Gasteiger charge is 2.28. The fourth-order valence-corrected chi connectivity index (χ4v) is 3.83. The molecule has 1 saturated heterocycles. The molecule has 8 heteroatoms. The van der Waals surface area contributed by atoms with Gasteiger partial charge in [0.25, 0.3) is 0 Å². The standard InChI is InChI=1S/C21H31FN6.HI/c1-17-9-13-27(15-20(17)28-14-11-24-16-28)21(23-2)25-10-6-12-26(3)19-8-5-4-7-18(19)22;/h4-5,7-8,11,14,16-17,20H,6,9-10,12-13,15H2,1-3H3,(H,23,25);1H. The van der Waals surface area contributed by atoms with Crippen LogP contribution in [0.1, 0.15) is 25.8 Å². The van der Waals surface area contributed by atoms with Crippen molar-refractivity contribution in [1.82, 2.24) is 19.8 Å². The summed E-state index contributed by atoms with van der Waals surface area (Å²) in [4.78, 5) is 13.0. The summed E-state index contributed by atoms with van der Waals surface area (Å²) in [6.07, 6.45) is 7.81. The van der Waals surface area contributed by atoms with Gasteiger partial charge in [0.05, 0.1) is 18.1 Å². The van der Waals surface area contributed by atoms with Crippen LogP contribution in [-0.4, -0.2) is 60.7 Å². The molecule has 6 nitrogen and oxygen atoms in total. The smallest absolute Gasteiger partial charge is 0.193 e. The molecule has 2 heterocycles. The molecule has 0 radical (unpaired) electrons. The number of hydrogen-bond donors (Lipinski definition) is 1. The van der Waals surface area contributed by atoms with Gasteiger partial charge in [-0.2, -0.15) is 0 Å². The van der Waals surface area contributed by atoms with Gasteiger partial charge in [-0.3, -0.25) is 4.99 Å². The molecule has 0 spiro atoms. The maximum Gasteiger partial charge on any atom is 0.193 e. The van der Waals surface area contributed by atoms with Gasteiger partial charge in [0.2, 0.25) is 0 Å². The first-order valence-electron chi connectivity index (χ1n) is 9.99. The Bertz CT molecular complexity index is 766. The number of aliphatic imine (C=N–C) groups is 1. The first kappa shape index (κ1) is 23.4. The number of benzene rings is 1. The number of para-hydroxylation sites is 1. The second kappa shape index (κ2) is 11.4. The zero-order valence-electron chi connectivity index (χ0n) is 17.5. The fraction of sp³-hybridized carbons (Fsp3) is 0.524. The van der Waals surface area contributed by atoms with Crippen molar-refractivity contribution in [1.29, 1.82) is 0 Å². The molecule has 160 valence electrons. The van der Waals surface area contributed by atoms with Crippen molar-refractivity contribution in [2.45, 2.75) is 25.8 Å². The summed E-state index contributed by atoms with van der Waals surface area (Å²) in [6, 6.07) is 7.30. The lowest BCUT2D eigenvalue weighted by Gasteiger charge is -2.39. The second-order valence-corrected chi connectivity index (χ2v) is 7.49. The minimum absolute atomic E-state index is 0. The molecule has 1 aliphatic heterocycles. The molecule has 0 saturated carbocycles. The average Bonchev–Trinajstić information content (AvgIpc) is 3.23. The summed E-state index contributed by atoms with van der Waals surface area (Å²) in [6.45, 7) is 5.80. The number of anilines is 1. The average molecular weight is 514 g/mol. The van der Waals surface area contributed by atoms with Gasteiger partial charge < -0.3 is 19.7 Å². The Morgan fingerprint density at radius 2 is 2.17 bits per heavy atom. The zero-order chi connectivity index (χ0) is 19.9. The van der Waals surface area contributed by atoms with Crippen LogP contribution in [0, 0.1) is 11.7 Å². The number of imidazole rings is 1. The molecule has 29 heavy (non-hydrogen) atoms. The predicted octanol–water partition coefficient (Wildman–Crippen LogP) is 3.63. The highest BCUT2D eigenvalue weighted by Crippen LogP contribution is 2.27. The third-order valence-corrected chi connectivity index (χ3v) is 5.55. The second-order valence-electron chi connectivity index (χ2n) is 7.49. The summed E-state index contributed by atoms with van der Waals surface area (Å²) in [5.74, 6) is 1.37. The lowest BCUT2D eigenvalue weighted by Crippen LogP contribution is -2.49. The van der Waals surface area contributed by atoms with Crippen LogP contribution in [0.3, 0.4) is 0 Å². The van der Waals surface area contributed by atoms with E-state index in [0.717, 1.165) is 45.0 Å². The van der Waals surface area contributed by atoms with Crippen LogP contribution >= 0.6 is 24.0 Å². The molecular weight excluding hydrogens is 482 g/mol. The van der Waals surface area contributed by atoms with E-state index in [1.165, 1.54) is 6.07 Å². The van der Waals surface area contributed by atoms with Crippen molar-refractivity contribution in [2.75, 3.05) is 45.2 Å². The summed E-state index contributed by atoms with van der Waals surface area (Å²) < 4.78 is 16.1. The molecule has 0 aliphatic carbocycles. The number of nitrogens with zero attached hydrogens (tertiary/aromatic N) is 5. The lowest BCUT2D eigenvalue weighted by molar-refractivity contribution is 0.189. The van der Waals surface area contributed by atoms with Crippen molar-refractivity contribution < 1.29 is 4.39 Å². The summed E-state index contributed by atoms with van der Waals surface area (Å²) in [5, 5.41) is 3.47. The molecule has 0 bridgehead atoms. The van der Waals surface area contributed by atoms with E-state index in [2.05, 4.69) is 31.7 Å². The highest BCUT2D eigenvalue weighted by atomic mass is 127. The number of halogens is 2. The normalized spacial score (nSPS) is 19.6. The van der Waals surface area contributed by atoms with Gasteiger partial charge in [-0.25, -0.2) is 9.37 Å². The summed E-state index contributed by atoms with van der Waals surface area (Å²) in [5.41, 5.74) is 0.639. The van der Waals surface area contributed by atoms with Crippen molar-refractivity contribution in [2.24, 2.45) is 10.9 Å². The van der Waals surface area contributed by atoms with E-state index in [-0.39, 0.29) is 29.8 Å². The number of guanidine groups is 1. The minimum atomic E-state index is -0.179. The van der Waals surface area contributed by atoms with Gasteiger partial charge >= 0.3 is 0 Å². The van der Waals surface area contributed by atoms with Crippen LogP contribution in [0.15, 0.2) is 48.0 Å². The zero-order valence-corrected chi connectivity index (χ0v) is 19.8. The van der Waals surface area contributed by atoms with Gasteiger partial charge in [0.15, 0.2) is 5.96 Å². The molecule has 1 fully saturated rings. The van der Waals surface area contributed by atoms with Crippen LogP contribution in [0.4, 0.5) is 10.1 Å². The monoisotopic (exact) mass is 514 g/mol. The Labute approximate surface area is 190 Å². The molecule has 1 aliphatic rings. The van der Waals surface area contributed by atoms with Crippen LogP contribution in [0.5, 0.6) is 0 Å². The van der Waals surface area contributed by atoms with E-state index in [1.807, 2.05) is 49.8 Å². The number of nitrogens with one attached hydrogen (secondary N) is 1. The topological polar surface area (TPSA) is 48.7 Å². The van der Waals surface area contributed by atoms with Gasteiger partial charge in [-0.05, 0) is 30.9 Å².